The summed E-state index contributed by atoms with van der Waals surface area (Å²) < 4.78 is 6.32. The summed E-state index contributed by atoms with van der Waals surface area (Å²) in [5.74, 6) is 1.15. The topological polar surface area (TPSA) is 64.1 Å². The zero-order chi connectivity index (χ0) is 18.4. The molecular weight excluding hydrogens is 390 g/mol. The Bertz CT molecular complexity index is 887. The van der Waals surface area contributed by atoms with Gasteiger partial charge in [-0.1, -0.05) is 65.0 Å². The molecule has 0 fully saturated rings. The standard InChI is InChI=1S/C18H16ClN3O2S2/c1-12-9-14(19)7-8-15(12)24-10-16(23)20-17-21-22-18(26-17)25-11-13-5-3-2-4-6-13/h2-9H,10-11H2,1H3,(H,20,21,23). The highest BCUT2D eigenvalue weighted by atomic mass is 35.5. The van der Waals surface area contributed by atoms with Gasteiger partial charge in [-0.05, 0) is 36.2 Å². The molecule has 5 nitrogen and oxygen atoms in total. The molecule has 0 saturated heterocycles. The first-order valence-corrected chi connectivity index (χ1v) is 9.97. The molecule has 26 heavy (non-hydrogen) atoms. The molecule has 0 aliphatic heterocycles. The highest BCUT2D eigenvalue weighted by molar-refractivity contribution is 8.00. The summed E-state index contributed by atoms with van der Waals surface area (Å²) in [6.07, 6.45) is 0. The number of halogens is 1. The zero-order valence-corrected chi connectivity index (χ0v) is 16.3. The second kappa shape index (κ2) is 9.02. The summed E-state index contributed by atoms with van der Waals surface area (Å²) >= 11 is 8.83. The number of nitrogens with zero attached hydrogens (tertiary/aromatic N) is 2. The number of anilines is 1. The molecule has 3 rings (SSSR count). The van der Waals surface area contributed by atoms with Crippen LogP contribution in [-0.4, -0.2) is 22.7 Å². The molecule has 2 aromatic carbocycles. The predicted octanol–water partition coefficient (Wildman–Crippen LogP) is 4.81. The summed E-state index contributed by atoms with van der Waals surface area (Å²) in [6.45, 7) is 1.77. The number of hydrogen-bond acceptors (Lipinski definition) is 6. The third-order valence-corrected chi connectivity index (χ3v) is 5.63. The first-order valence-electron chi connectivity index (χ1n) is 7.79. The lowest BCUT2D eigenvalue weighted by Gasteiger charge is -2.08. The maximum absolute atomic E-state index is 12.0. The minimum atomic E-state index is -0.282. The fraction of sp³-hybridized carbons (Fsp3) is 0.167. The summed E-state index contributed by atoms with van der Waals surface area (Å²) in [5, 5.41) is 11.9. The van der Waals surface area contributed by atoms with E-state index in [1.807, 2.05) is 25.1 Å². The maximum atomic E-state index is 12.0. The third kappa shape index (κ3) is 5.45. The van der Waals surface area contributed by atoms with Crippen molar-refractivity contribution in [2.24, 2.45) is 0 Å². The van der Waals surface area contributed by atoms with Crippen LogP contribution in [0.5, 0.6) is 5.75 Å². The molecular formula is C18H16ClN3O2S2. The molecule has 0 saturated carbocycles. The summed E-state index contributed by atoms with van der Waals surface area (Å²) in [5.41, 5.74) is 2.09. The van der Waals surface area contributed by atoms with E-state index in [1.54, 1.807) is 30.0 Å². The Morgan fingerprint density at radius 1 is 1.23 bits per heavy atom. The average Bonchev–Trinajstić information content (AvgIpc) is 3.07. The Balaban J connectivity index is 1.48. The lowest BCUT2D eigenvalue weighted by molar-refractivity contribution is -0.118. The van der Waals surface area contributed by atoms with E-state index in [0.717, 1.165) is 15.7 Å². The van der Waals surface area contributed by atoms with Gasteiger partial charge in [0.25, 0.3) is 5.91 Å². The molecule has 8 heteroatoms. The molecule has 0 aliphatic carbocycles. The van der Waals surface area contributed by atoms with E-state index < -0.39 is 0 Å². The lowest BCUT2D eigenvalue weighted by Crippen LogP contribution is -2.20. The van der Waals surface area contributed by atoms with Crippen molar-refractivity contribution in [3.05, 3.63) is 64.7 Å². The van der Waals surface area contributed by atoms with Crippen LogP contribution in [-0.2, 0) is 10.5 Å². The summed E-state index contributed by atoms with van der Waals surface area (Å²) in [7, 11) is 0. The Labute approximate surface area is 164 Å². The second-order valence-corrected chi connectivity index (χ2v) is 8.03. The lowest BCUT2D eigenvalue weighted by atomic mass is 10.2. The molecule has 0 atom stereocenters. The van der Waals surface area contributed by atoms with Crippen LogP contribution in [0, 0.1) is 6.92 Å². The Morgan fingerprint density at radius 3 is 2.81 bits per heavy atom. The fourth-order valence-corrected chi connectivity index (χ4v) is 4.06. The van der Waals surface area contributed by atoms with Gasteiger partial charge in [-0.3, -0.25) is 10.1 Å². The van der Waals surface area contributed by atoms with Crippen molar-refractivity contribution in [1.82, 2.24) is 10.2 Å². The van der Waals surface area contributed by atoms with Crippen LogP contribution < -0.4 is 10.1 Å². The molecule has 1 N–H and O–H groups in total. The van der Waals surface area contributed by atoms with Crippen molar-refractivity contribution in [1.29, 1.82) is 0 Å². The van der Waals surface area contributed by atoms with Gasteiger partial charge in [0.1, 0.15) is 5.75 Å². The number of hydrogen-bond donors (Lipinski definition) is 1. The quantitative estimate of drug-likeness (QED) is 0.451. The number of benzene rings is 2. The molecule has 3 aromatic rings. The third-order valence-electron chi connectivity index (χ3n) is 3.35. The number of thioether (sulfide) groups is 1. The number of rotatable bonds is 7. The summed E-state index contributed by atoms with van der Waals surface area (Å²) in [4.78, 5) is 12.0. The molecule has 0 aliphatic rings. The minimum Gasteiger partial charge on any atom is -0.483 e. The van der Waals surface area contributed by atoms with Crippen molar-refractivity contribution in [2.75, 3.05) is 11.9 Å². The molecule has 134 valence electrons. The van der Waals surface area contributed by atoms with E-state index in [9.17, 15) is 4.79 Å². The van der Waals surface area contributed by atoms with Gasteiger partial charge in [-0.2, -0.15) is 0 Å². The van der Waals surface area contributed by atoms with Gasteiger partial charge in [0.2, 0.25) is 5.13 Å². The van der Waals surface area contributed by atoms with Gasteiger partial charge in [0.05, 0.1) is 0 Å². The van der Waals surface area contributed by atoms with Crippen molar-refractivity contribution < 1.29 is 9.53 Å². The number of aromatic nitrogens is 2. The van der Waals surface area contributed by atoms with Crippen molar-refractivity contribution in [3.63, 3.8) is 0 Å². The van der Waals surface area contributed by atoms with Crippen LogP contribution in [0.3, 0.4) is 0 Å². The van der Waals surface area contributed by atoms with Gasteiger partial charge in [-0.25, -0.2) is 0 Å². The van der Waals surface area contributed by atoms with E-state index in [0.29, 0.717) is 15.9 Å². The van der Waals surface area contributed by atoms with Gasteiger partial charge in [-0.15, -0.1) is 10.2 Å². The first-order chi connectivity index (χ1) is 12.6. The van der Waals surface area contributed by atoms with E-state index in [4.69, 9.17) is 16.3 Å². The van der Waals surface area contributed by atoms with Crippen LogP contribution in [0.15, 0.2) is 52.9 Å². The molecule has 0 unspecified atom stereocenters. The predicted molar refractivity (Wildman–Crippen MR) is 106 cm³/mol. The SMILES string of the molecule is Cc1cc(Cl)ccc1OCC(=O)Nc1nnc(SCc2ccccc2)s1. The van der Waals surface area contributed by atoms with E-state index in [1.165, 1.54) is 16.9 Å². The largest absolute Gasteiger partial charge is 0.483 e. The average molecular weight is 406 g/mol. The van der Waals surface area contributed by atoms with E-state index >= 15 is 0 Å². The normalized spacial score (nSPS) is 10.5. The van der Waals surface area contributed by atoms with Crippen LogP contribution in [0.4, 0.5) is 5.13 Å². The number of carbonyl (C=O) groups excluding carboxylic acids is 1. The number of amides is 1. The molecule has 0 radical (unpaired) electrons. The fourth-order valence-electron chi connectivity index (χ4n) is 2.11. The number of carbonyl (C=O) groups is 1. The monoisotopic (exact) mass is 405 g/mol. The highest BCUT2D eigenvalue weighted by Crippen LogP contribution is 2.28. The van der Waals surface area contributed by atoms with Crippen LogP contribution in [0.25, 0.3) is 0 Å². The Morgan fingerprint density at radius 2 is 2.04 bits per heavy atom. The molecule has 0 spiro atoms. The van der Waals surface area contributed by atoms with Crippen LogP contribution in [0.1, 0.15) is 11.1 Å². The second-order valence-electron chi connectivity index (χ2n) is 5.39. The smallest absolute Gasteiger partial charge is 0.264 e. The highest BCUT2D eigenvalue weighted by Gasteiger charge is 2.10. The molecule has 1 amide bonds. The number of nitrogens with one attached hydrogen (secondary N) is 1. The first kappa shape index (κ1) is 18.7. The number of aryl methyl sites for hydroxylation is 1. The van der Waals surface area contributed by atoms with Gasteiger partial charge in [0.15, 0.2) is 10.9 Å². The molecule has 1 heterocycles. The van der Waals surface area contributed by atoms with E-state index in [2.05, 4.69) is 27.6 Å². The van der Waals surface area contributed by atoms with Gasteiger partial charge >= 0.3 is 0 Å². The van der Waals surface area contributed by atoms with Crippen molar-refractivity contribution >= 4 is 45.7 Å². The molecule has 1 aromatic heterocycles. The summed E-state index contributed by atoms with van der Waals surface area (Å²) in [6, 6.07) is 15.4. The Kier molecular flexibility index (Phi) is 6.49. The van der Waals surface area contributed by atoms with Crippen LogP contribution >= 0.6 is 34.7 Å². The van der Waals surface area contributed by atoms with Crippen molar-refractivity contribution in [2.45, 2.75) is 17.0 Å². The minimum absolute atomic E-state index is 0.103. The zero-order valence-electron chi connectivity index (χ0n) is 13.9. The van der Waals surface area contributed by atoms with Crippen LogP contribution in [0.2, 0.25) is 5.02 Å². The molecule has 0 bridgehead atoms. The number of ether oxygens (including phenoxy) is 1. The van der Waals surface area contributed by atoms with E-state index in [-0.39, 0.29) is 12.5 Å². The van der Waals surface area contributed by atoms with Gasteiger partial charge < -0.3 is 4.74 Å². The Hall–Kier alpha value is -2.09. The maximum Gasteiger partial charge on any atom is 0.264 e. The van der Waals surface area contributed by atoms with Gasteiger partial charge in [0, 0.05) is 10.8 Å². The van der Waals surface area contributed by atoms with Crippen molar-refractivity contribution in [3.8, 4) is 5.75 Å².